The van der Waals surface area contributed by atoms with E-state index in [-0.39, 0.29) is 12.0 Å². The second-order valence-electron chi connectivity index (χ2n) is 4.87. The Morgan fingerprint density at radius 3 is 2.26 bits per heavy atom. The smallest absolute Gasteiger partial charge is 0.307 e. The van der Waals surface area contributed by atoms with Crippen LogP contribution in [0.1, 0.15) is 18.0 Å². The van der Waals surface area contributed by atoms with Crippen LogP contribution in [0.5, 0.6) is 11.5 Å². The fraction of sp³-hybridized carbons (Fsp3) is 0.500. The zero-order chi connectivity index (χ0) is 14.0. The van der Waals surface area contributed by atoms with Gasteiger partial charge in [0.05, 0.1) is 20.1 Å². The first kappa shape index (κ1) is 13.7. The number of benzene rings is 1. The van der Waals surface area contributed by atoms with Crippen molar-refractivity contribution in [2.24, 2.45) is 5.92 Å². The summed E-state index contributed by atoms with van der Waals surface area (Å²) in [5.41, 5.74) is 1.03. The van der Waals surface area contributed by atoms with Gasteiger partial charge in [0.1, 0.15) is 11.5 Å². The molecule has 19 heavy (non-hydrogen) atoms. The van der Waals surface area contributed by atoms with Gasteiger partial charge in [-0.05, 0) is 31.2 Å². The van der Waals surface area contributed by atoms with Crippen LogP contribution in [0.25, 0.3) is 0 Å². The van der Waals surface area contributed by atoms with E-state index in [9.17, 15) is 4.79 Å². The summed E-state index contributed by atoms with van der Waals surface area (Å²) in [5.74, 6) is 0.402. The highest BCUT2D eigenvalue weighted by atomic mass is 16.5. The number of ether oxygens (including phenoxy) is 2. The van der Waals surface area contributed by atoms with Crippen molar-refractivity contribution in [2.45, 2.75) is 12.5 Å². The summed E-state index contributed by atoms with van der Waals surface area (Å²) in [6.45, 7) is 0.569. The summed E-state index contributed by atoms with van der Waals surface area (Å²) in [5, 5.41) is 9.12. The van der Waals surface area contributed by atoms with E-state index >= 15 is 0 Å². The lowest BCUT2D eigenvalue weighted by Gasteiger charge is -2.20. The Bertz CT molecular complexity index is 452. The highest BCUT2D eigenvalue weighted by Gasteiger charge is 2.35. The number of carboxylic acid groups (broad SMARTS) is 1. The summed E-state index contributed by atoms with van der Waals surface area (Å²) in [7, 11) is 5.16. The van der Waals surface area contributed by atoms with Crippen LogP contribution in [0.2, 0.25) is 0 Å². The lowest BCUT2D eigenvalue weighted by atomic mass is 9.99. The van der Waals surface area contributed by atoms with Gasteiger partial charge in [0.25, 0.3) is 0 Å². The normalized spacial score (nSPS) is 23.3. The molecule has 1 N–H and O–H groups in total. The Morgan fingerprint density at radius 2 is 1.84 bits per heavy atom. The maximum Gasteiger partial charge on any atom is 0.307 e. The third-order valence-electron chi connectivity index (χ3n) is 3.66. The molecule has 0 unspecified atom stereocenters. The van der Waals surface area contributed by atoms with Crippen LogP contribution in [0.15, 0.2) is 18.2 Å². The zero-order valence-corrected chi connectivity index (χ0v) is 11.4. The monoisotopic (exact) mass is 265 g/mol. The van der Waals surface area contributed by atoms with Gasteiger partial charge in [-0.25, -0.2) is 0 Å². The number of likely N-dealkylation sites (tertiary alicyclic amines) is 1. The molecular formula is C14H19NO4. The molecule has 0 amide bonds. The summed E-state index contributed by atoms with van der Waals surface area (Å²) in [6, 6.07) is 5.78. The maximum atomic E-state index is 11.1. The van der Waals surface area contributed by atoms with E-state index in [1.807, 2.05) is 25.2 Å². The molecule has 104 valence electrons. The number of methoxy groups -OCH3 is 2. The SMILES string of the molecule is COc1cc(OC)cc([C@@H]2C[C@H](C(=O)O)CN2C)c1. The molecule has 0 aliphatic carbocycles. The highest BCUT2D eigenvalue weighted by molar-refractivity contribution is 5.70. The Labute approximate surface area is 112 Å². The predicted molar refractivity (Wildman–Crippen MR) is 70.7 cm³/mol. The van der Waals surface area contributed by atoms with Gasteiger partial charge in [0.15, 0.2) is 0 Å². The molecule has 2 rings (SSSR count). The molecule has 5 nitrogen and oxygen atoms in total. The Kier molecular flexibility index (Phi) is 3.95. The van der Waals surface area contributed by atoms with Crippen molar-refractivity contribution >= 4 is 5.97 Å². The van der Waals surface area contributed by atoms with Crippen LogP contribution in [-0.4, -0.2) is 43.8 Å². The van der Waals surface area contributed by atoms with E-state index in [1.54, 1.807) is 14.2 Å². The van der Waals surface area contributed by atoms with Crippen molar-refractivity contribution in [1.82, 2.24) is 4.90 Å². The Morgan fingerprint density at radius 1 is 1.26 bits per heavy atom. The van der Waals surface area contributed by atoms with Crippen molar-refractivity contribution in [3.8, 4) is 11.5 Å². The van der Waals surface area contributed by atoms with Crippen molar-refractivity contribution in [3.63, 3.8) is 0 Å². The molecule has 1 saturated heterocycles. The first-order valence-electron chi connectivity index (χ1n) is 6.21. The lowest BCUT2D eigenvalue weighted by molar-refractivity contribution is -0.141. The molecule has 5 heteroatoms. The third kappa shape index (κ3) is 2.81. The van der Waals surface area contributed by atoms with Gasteiger partial charge in [-0.15, -0.1) is 0 Å². The summed E-state index contributed by atoms with van der Waals surface area (Å²) >= 11 is 0. The van der Waals surface area contributed by atoms with Crippen LogP contribution in [0.4, 0.5) is 0 Å². The van der Waals surface area contributed by atoms with Gasteiger partial charge in [0.2, 0.25) is 0 Å². The van der Waals surface area contributed by atoms with Gasteiger partial charge in [-0.2, -0.15) is 0 Å². The standard InChI is InChI=1S/C14H19NO4/c1-15-8-10(14(16)17)6-13(15)9-4-11(18-2)7-12(5-9)19-3/h4-5,7,10,13H,6,8H2,1-3H3,(H,16,17)/t10-,13-/m0/s1. The molecule has 2 atom stereocenters. The first-order valence-corrected chi connectivity index (χ1v) is 6.21. The number of carboxylic acids is 1. The molecule has 0 saturated carbocycles. The number of hydrogen-bond donors (Lipinski definition) is 1. The average molecular weight is 265 g/mol. The second-order valence-corrected chi connectivity index (χ2v) is 4.87. The van der Waals surface area contributed by atoms with Crippen molar-refractivity contribution in [2.75, 3.05) is 27.8 Å². The van der Waals surface area contributed by atoms with Crippen molar-refractivity contribution in [1.29, 1.82) is 0 Å². The number of aliphatic carboxylic acids is 1. The predicted octanol–water partition coefficient (Wildman–Crippen LogP) is 1.78. The first-order chi connectivity index (χ1) is 9.05. The van der Waals surface area contributed by atoms with E-state index in [0.717, 1.165) is 17.1 Å². The number of hydrogen-bond acceptors (Lipinski definition) is 4. The van der Waals surface area contributed by atoms with Crippen molar-refractivity contribution < 1.29 is 19.4 Å². The molecule has 0 spiro atoms. The summed E-state index contributed by atoms with van der Waals surface area (Å²) < 4.78 is 10.5. The molecule has 0 radical (unpaired) electrons. The van der Waals surface area contributed by atoms with E-state index in [0.29, 0.717) is 13.0 Å². The minimum absolute atomic E-state index is 0.0881. The molecule has 1 aromatic rings. The van der Waals surface area contributed by atoms with E-state index in [4.69, 9.17) is 14.6 Å². The minimum atomic E-state index is -0.732. The largest absolute Gasteiger partial charge is 0.497 e. The van der Waals surface area contributed by atoms with Crippen LogP contribution in [0, 0.1) is 5.92 Å². The van der Waals surface area contributed by atoms with Gasteiger partial charge in [-0.3, -0.25) is 9.69 Å². The summed E-state index contributed by atoms with van der Waals surface area (Å²) in [4.78, 5) is 13.2. The lowest BCUT2D eigenvalue weighted by Crippen LogP contribution is -2.20. The van der Waals surface area contributed by atoms with E-state index in [2.05, 4.69) is 4.90 Å². The Hall–Kier alpha value is -1.75. The second kappa shape index (κ2) is 5.48. The Balaban J connectivity index is 2.28. The number of carbonyl (C=O) groups is 1. The van der Waals surface area contributed by atoms with Crippen LogP contribution >= 0.6 is 0 Å². The minimum Gasteiger partial charge on any atom is -0.497 e. The van der Waals surface area contributed by atoms with Crippen LogP contribution in [-0.2, 0) is 4.79 Å². The van der Waals surface area contributed by atoms with E-state index < -0.39 is 5.97 Å². The number of nitrogens with zero attached hydrogens (tertiary/aromatic N) is 1. The molecule has 1 aliphatic heterocycles. The average Bonchev–Trinajstić information content (AvgIpc) is 2.80. The topological polar surface area (TPSA) is 59.0 Å². The number of rotatable bonds is 4. The molecule has 1 aliphatic rings. The van der Waals surface area contributed by atoms with Crippen LogP contribution < -0.4 is 9.47 Å². The fourth-order valence-corrected chi connectivity index (χ4v) is 2.59. The quantitative estimate of drug-likeness (QED) is 0.899. The van der Waals surface area contributed by atoms with Gasteiger partial charge in [-0.1, -0.05) is 0 Å². The third-order valence-corrected chi connectivity index (χ3v) is 3.66. The molecule has 1 fully saturated rings. The summed E-state index contributed by atoms with van der Waals surface area (Å²) in [6.07, 6.45) is 0.613. The molecule has 0 aromatic heterocycles. The fourth-order valence-electron chi connectivity index (χ4n) is 2.59. The van der Waals surface area contributed by atoms with Crippen molar-refractivity contribution in [3.05, 3.63) is 23.8 Å². The molecule has 1 heterocycles. The molecule has 0 bridgehead atoms. The molecule has 1 aromatic carbocycles. The van der Waals surface area contributed by atoms with Gasteiger partial charge >= 0.3 is 5.97 Å². The van der Waals surface area contributed by atoms with E-state index in [1.165, 1.54) is 0 Å². The van der Waals surface area contributed by atoms with Gasteiger partial charge < -0.3 is 14.6 Å². The van der Waals surface area contributed by atoms with Gasteiger partial charge in [0, 0.05) is 18.7 Å². The maximum absolute atomic E-state index is 11.1. The zero-order valence-electron chi connectivity index (χ0n) is 11.4. The molecular weight excluding hydrogens is 246 g/mol. The highest BCUT2D eigenvalue weighted by Crippen LogP contribution is 2.37. The van der Waals surface area contributed by atoms with Crippen LogP contribution in [0.3, 0.4) is 0 Å².